The lowest BCUT2D eigenvalue weighted by Crippen LogP contribution is -2.20. The molecule has 0 saturated carbocycles. The van der Waals surface area contributed by atoms with E-state index >= 15 is 0 Å². The van der Waals surface area contributed by atoms with Gasteiger partial charge >= 0.3 is 5.97 Å². The lowest BCUT2D eigenvalue weighted by molar-refractivity contribution is -0.384. The predicted octanol–water partition coefficient (Wildman–Crippen LogP) is 1.68. The van der Waals surface area contributed by atoms with Crippen LogP contribution in [0.3, 0.4) is 0 Å². The van der Waals surface area contributed by atoms with Gasteiger partial charge in [0.15, 0.2) is 0 Å². The molecule has 0 radical (unpaired) electrons. The number of nitrogens with one attached hydrogen (secondary N) is 1. The van der Waals surface area contributed by atoms with Crippen LogP contribution in [0, 0.1) is 10.1 Å². The monoisotopic (exact) mass is 334 g/mol. The molecule has 1 aromatic carbocycles. The molecule has 0 aliphatic carbocycles. The zero-order chi connectivity index (χ0) is 17.9. The smallest absolute Gasteiger partial charge is 0.339 e. The van der Waals surface area contributed by atoms with Crippen molar-refractivity contribution in [2.24, 2.45) is 7.05 Å². The van der Waals surface area contributed by atoms with Crippen molar-refractivity contribution in [2.75, 3.05) is 11.9 Å². The first-order valence-electron chi connectivity index (χ1n) is 6.83. The van der Waals surface area contributed by atoms with Crippen LogP contribution in [0.5, 0.6) is 5.75 Å². The molecule has 10 heteroatoms. The fourth-order valence-corrected chi connectivity index (χ4v) is 2.07. The number of nitro groups is 1. The van der Waals surface area contributed by atoms with Gasteiger partial charge in [0.25, 0.3) is 11.6 Å². The minimum absolute atomic E-state index is 0.0778. The molecule has 126 valence electrons. The van der Waals surface area contributed by atoms with Crippen LogP contribution in [-0.4, -0.2) is 38.3 Å². The van der Waals surface area contributed by atoms with Crippen LogP contribution in [0.1, 0.15) is 27.8 Å². The van der Waals surface area contributed by atoms with E-state index in [9.17, 15) is 19.7 Å². The number of benzene rings is 1. The molecule has 0 atom stereocenters. The van der Waals surface area contributed by atoms with Crippen LogP contribution in [0.15, 0.2) is 24.4 Å². The second kappa shape index (κ2) is 6.77. The summed E-state index contributed by atoms with van der Waals surface area (Å²) in [5.74, 6) is -1.86. The van der Waals surface area contributed by atoms with E-state index in [4.69, 9.17) is 9.84 Å². The highest BCUT2D eigenvalue weighted by molar-refractivity contribution is 6.10. The van der Waals surface area contributed by atoms with E-state index < -0.39 is 16.8 Å². The van der Waals surface area contributed by atoms with Crippen molar-refractivity contribution in [1.29, 1.82) is 0 Å². The van der Waals surface area contributed by atoms with Gasteiger partial charge in [0, 0.05) is 7.05 Å². The summed E-state index contributed by atoms with van der Waals surface area (Å²) in [5, 5.41) is 26.3. The maximum Gasteiger partial charge on any atom is 0.339 e. The Labute approximate surface area is 135 Å². The van der Waals surface area contributed by atoms with E-state index in [1.165, 1.54) is 25.2 Å². The molecule has 0 aliphatic rings. The number of nitrogens with zero attached hydrogens (tertiary/aromatic N) is 3. The summed E-state index contributed by atoms with van der Waals surface area (Å²) in [7, 11) is 1.40. The van der Waals surface area contributed by atoms with Crippen LogP contribution < -0.4 is 10.1 Å². The Morgan fingerprint density at radius 1 is 1.46 bits per heavy atom. The van der Waals surface area contributed by atoms with Gasteiger partial charge in [-0.3, -0.25) is 19.6 Å². The standard InChI is InChI=1S/C14H14N4O6/c1-3-24-8-4-5-10(11(6-8)18(22)23)16-13(19)12-9(14(20)21)7-15-17(12)2/h4-7H,3H2,1-2H3,(H,16,19)(H,20,21). The second-order valence-corrected chi connectivity index (χ2v) is 4.66. The maximum absolute atomic E-state index is 12.3. The van der Waals surface area contributed by atoms with Crippen molar-refractivity contribution in [2.45, 2.75) is 6.92 Å². The molecule has 10 nitrogen and oxygen atoms in total. The number of aryl methyl sites for hydroxylation is 1. The summed E-state index contributed by atoms with van der Waals surface area (Å²) in [4.78, 5) is 34.0. The van der Waals surface area contributed by atoms with E-state index in [0.717, 1.165) is 10.9 Å². The normalized spacial score (nSPS) is 10.2. The summed E-state index contributed by atoms with van der Waals surface area (Å²) >= 11 is 0. The van der Waals surface area contributed by atoms with Crippen LogP contribution in [0.25, 0.3) is 0 Å². The molecule has 0 aliphatic heterocycles. The molecule has 1 heterocycles. The molecule has 2 N–H and O–H groups in total. The number of anilines is 1. The van der Waals surface area contributed by atoms with E-state index in [1.807, 2.05) is 0 Å². The van der Waals surface area contributed by atoms with Gasteiger partial charge < -0.3 is 15.2 Å². The molecule has 0 bridgehead atoms. The van der Waals surface area contributed by atoms with Gasteiger partial charge in [-0.05, 0) is 19.1 Å². The maximum atomic E-state index is 12.3. The minimum atomic E-state index is -1.32. The Hall–Kier alpha value is -3.43. The number of aromatic nitrogens is 2. The topological polar surface area (TPSA) is 137 Å². The molecule has 0 spiro atoms. The number of amides is 1. The van der Waals surface area contributed by atoms with Crippen LogP contribution in [0.4, 0.5) is 11.4 Å². The molecule has 2 rings (SSSR count). The quantitative estimate of drug-likeness (QED) is 0.605. The van der Waals surface area contributed by atoms with Crippen molar-refractivity contribution >= 4 is 23.3 Å². The van der Waals surface area contributed by atoms with E-state index in [1.54, 1.807) is 6.92 Å². The fourth-order valence-electron chi connectivity index (χ4n) is 2.07. The molecule has 24 heavy (non-hydrogen) atoms. The first-order valence-corrected chi connectivity index (χ1v) is 6.83. The average molecular weight is 334 g/mol. The molecule has 0 saturated heterocycles. The Balaban J connectivity index is 2.37. The van der Waals surface area contributed by atoms with Crippen LogP contribution in [0.2, 0.25) is 0 Å². The molecule has 1 amide bonds. The van der Waals surface area contributed by atoms with Crippen LogP contribution >= 0.6 is 0 Å². The van der Waals surface area contributed by atoms with Crippen molar-refractivity contribution in [1.82, 2.24) is 9.78 Å². The fraction of sp³-hybridized carbons (Fsp3) is 0.214. The Bertz CT molecular complexity index is 814. The number of carbonyl (C=O) groups excluding carboxylic acids is 1. The van der Waals surface area contributed by atoms with Gasteiger partial charge in [-0.1, -0.05) is 0 Å². The SMILES string of the molecule is CCOc1ccc(NC(=O)c2c(C(=O)O)cnn2C)c([N+](=O)[O-])c1. The van der Waals surface area contributed by atoms with E-state index in [2.05, 4.69) is 10.4 Å². The predicted molar refractivity (Wildman–Crippen MR) is 82.4 cm³/mol. The molecular formula is C14H14N4O6. The van der Waals surface area contributed by atoms with Crippen molar-refractivity contribution < 1.29 is 24.4 Å². The molecular weight excluding hydrogens is 320 g/mol. The third kappa shape index (κ3) is 3.32. The number of nitro benzene ring substituents is 1. The van der Waals surface area contributed by atoms with E-state index in [-0.39, 0.29) is 28.4 Å². The van der Waals surface area contributed by atoms with Crippen molar-refractivity contribution in [3.63, 3.8) is 0 Å². The number of rotatable bonds is 6. The number of carboxylic acid groups (broad SMARTS) is 1. The summed E-state index contributed by atoms with van der Waals surface area (Å²) in [6.07, 6.45) is 1.03. The summed E-state index contributed by atoms with van der Waals surface area (Å²) in [6, 6.07) is 3.96. The molecule has 1 aromatic heterocycles. The number of carboxylic acids is 1. The Morgan fingerprint density at radius 2 is 2.17 bits per heavy atom. The molecule has 2 aromatic rings. The van der Waals surface area contributed by atoms with Gasteiger partial charge in [-0.15, -0.1) is 0 Å². The van der Waals surface area contributed by atoms with E-state index in [0.29, 0.717) is 6.61 Å². The number of carbonyl (C=O) groups is 2. The highest BCUT2D eigenvalue weighted by atomic mass is 16.6. The Morgan fingerprint density at radius 3 is 2.75 bits per heavy atom. The lowest BCUT2D eigenvalue weighted by atomic mass is 10.2. The number of aromatic carboxylic acids is 1. The number of ether oxygens (including phenoxy) is 1. The van der Waals surface area contributed by atoms with Crippen molar-refractivity contribution in [3.8, 4) is 5.75 Å². The van der Waals surface area contributed by atoms with Gasteiger partial charge in [0.1, 0.15) is 22.7 Å². The number of hydrogen-bond donors (Lipinski definition) is 2. The number of hydrogen-bond acceptors (Lipinski definition) is 6. The van der Waals surface area contributed by atoms with Gasteiger partial charge in [-0.2, -0.15) is 5.10 Å². The Kier molecular flexibility index (Phi) is 4.78. The summed E-state index contributed by atoms with van der Waals surface area (Å²) < 4.78 is 6.27. The summed E-state index contributed by atoms with van der Waals surface area (Å²) in [5.41, 5.74) is -0.964. The van der Waals surface area contributed by atoms with Crippen molar-refractivity contribution in [3.05, 3.63) is 45.8 Å². The largest absolute Gasteiger partial charge is 0.494 e. The molecule has 0 unspecified atom stereocenters. The van der Waals surface area contributed by atoms with Gasteiger partial charge in [0.05, 0.1) is 23.8 Å². The second-order valence-electron chi connectivity index (χ2n) is 4.66. The van der Waals surface area contributed by atoms with Crippen LogP contribution in [-0.2, 0) is 7.05 Å². The highest BCUT2D eigenvalue weighted by Gasteiger charge is 2.24. The zero-order valence-electron chi connectivity index (χ0n) is 12.8. The van der Waals surface area contributed by atoms with Gasteiger partial charge in [0.2, 0.25) is 0 Å². The summed E-state index contributed by atoms with van der Waals surface area (Å²) in [6.45, 7) is 2.07. The molecule has 0 fully saturated rings. The minimum Gasteiger partial charge on any atom is -0.494 e. The van der Waals surface area contributed by atoms with Gasteiger partial charge in [-0.25, -0.2) is 4.79 Å². The lowest BCUT2D eigenvalue weighted by Gasteiger charge is -2.09. The zero-order valence-corrected chi connectivity index (χ0v) is 12.8. The first kappa shape index (κ1) is 16.9. The third-order valence-corrected chi connectivity index (χ3v) is 3.11. The first-order chi connectivity index (χ1) is 11.3. The highest BCUT2D eigenvalue weighted by Crippen LogP contribution is 2.29. The average Bonchev–Trinajstić information content (AvgIpc) is 2.90. The third-order valence-electron chi connectivity index (χ3n) is 3.11.